The van der Waals surface area contributed by atoms with Crippen molar-refractivity contribution in [2.45, 2.75) is 33.1 Å². The average molecular weight is 376 g/mol. The first-order chi connectivity index (χ1) is 13.3. The van der Waals surface area contributed by atoms with Gasteiger partial charge in [0.25, 0.3) is 5.95 Å². The van der Waals surface area contributed by atoms with Crippen LogP contribution in [0.15, 0.2) is 83.9 Å². The van der Waals surface area contributed by atoms with Crippen molar-refractivity contribution in [3.63, 3.8) is 0 Å². The zero-order valence-corrected chi connectivity index (χ0v) is 17.2. The Balaban J connectivity index is 1.85. The van der Waals surface area contributed by atoms with E-state index in [1.54, 1.807) is 7.11 Å². The van der Waals surface area contributed by atoms with E-state index in [1.165, 1.54) is 11.1 Å². The third-order valence-electron chi connectivity index (χ3n) is 5.41. The van der Waals surface area contributed by atoms with Gasteiger partial charge in [-0.2, -0.15) is 0 Å². The van der Waals surface area contributed by atoms with Gasteiger partial charge in [0, 0.05) is 16.9 Å². The topological polar surface area (TPSA) is 38.7 Å². The maximum absolute atomic E-state index is 10.5. The van der Waals surface area contributed by atoms with Crippen LogP contribution in [0.4, 0.5) is 0 Å². The van der Waals surface area contributed by atoms with Crippen LogP contribution in [-0.2, 0) is 5.41 Å². The lowest BCUT2D eigenvalue weighted by molar-refractivity contribution is 0.201. The third kappa shape index (κ3) is 3.99. The number of rotatable bonds is 5. The summed E-state index contributed by atoms with van der Waals surface area (Å²) in [6.07, 6.45) is 6.22. The molecule has 0 heterocycles. The van der Waals surface area contributed by atoms with E-state index in [4.69, 9.17) is 9.47 Å². The second kappa shape index (κ2) is 7.97. The standard InChI is InChI=1S/C25H28O3/c1-17-15-19(25(3,4)20-12-14-23(27-5)18(2)16-20)11-13-22(17)24(26)28-21-9-7-6-8-10-21/h6-17,26H,1-5H3. The van der Waals surface area contributed by atoms with Gasteiger partial charge in [-0.25, -0.2) is 0 Å². The van der Waals surface area contributed by atoms with Gasteiger partial charge < -0.3 is 14.6 Å². The van der Waals surface area contributed by atoms with Crippen molar-refractivity contribution in [1.29, 1.82) is 0 Å². The Hall–Kier alpha value is -2.94. The fraction of sp³-hybridized carbons (Fsp3) is 0.280. The van der Waals surface area contributed by atoms with E-state index >= 15 is 0 Å². The minimum atomic E-state index is -0.163. The summed E-state index contributed by atoms with van der Waals surface area (Å²) in [7, 11) is 1.69. The highest BCUT2D eigenvalue weighted by atomic mass is 16.6. The highest BCUT2D eigenvalue weighted by molar-refractivity contribution is 5.49. The molecule has 146 valence electrons. The van der Waals surface area contributed by atoms with Crippen LogP contribution in [0.1, 0.15) is 31.9 Å². The average Bonchev–Trinajstić information content (AvgIpc) is 2.68. The van der Waals surface area contributed by atoms with Crippen molar-refractivity contribution in [2.75, 3.05) is 7.11 Å². The largest absolute Gasteiger partial charge is 0.496 e. The number of para-hydroxylation sites is 1. The van der Waals surface area contributed by atoms with E-state index in [9.17, 15) is 5.11 Å². The summed E-state index contributed by atoms with van der Waals surface area (Å²) >= 11 is 0. The second-order valence-electron chi connectivity index (χ2n) is 7.73. The smallest absolute Gasteiger partial charge is 0.286 e. The molecule has 2 aromatic rings. The fourth-order valence-electron chi connectivity index (χ4n) is 3.52. The van der Waals surface area contributed by atoms with Crippen molar-refractivity contribution in [3.05, 3.63) is 95.0 Å². The maximum atomic E-state index is 10.5. The molecule has 3 rings (SSSR count). The van der Waals surface area contributed by atoms with Crippen molar-refractivity contribution in [3.8, 4) is 11.5 Å². The summed E-state index contributed by atoms with van der Waals surface area (Å²) in [4.78, 5) is 0. The molecule has 2 aromatic carbocycles. The Morgan fingerprint density at radius 1 is 1.04 bits per heavy atom. The number of ether oxygens (including phenoxy) is 2. The predicted molar refractivity (Wildman–Crippen MR) is 114 cm³/mol. The van der Waals surface area contributed by atoms with Crippen molar-refractivity contribution in [1.82, 2.24) is 0 Å². The summed E-state index contributed by atoms with van der Waals surface area (Å²) in [6, 6.07) is 15.6. The minimum Gasteiger partial charge on any atom is -0.496 e. The quantitative estimate of drug-likeness (QED) is 0.626. The van der Waals surface area contributed by atoms with Gasteiger partial charge in [-0.15, -0.1) is 0 Å². The monoisotopic (exact) mass is 376 g/mol. The first-order valence-corrected chi connectivity index (χ1v) is 9.54. The molecule has 1 atom stereocenters. The number of benzene rings is 2. The molecule has 0 saturated heterocycles. The fourth-order valence-corrected chi connectivity index (χ4v) is 3.52. The second-order valence-corrected chi connectivity index (χ2v) is 7.73. The lowest BCUT2D eigenvalue weighted by atomic mass is 9.73. The van der Waals surface area contributed by atoms with Crippen LogP contribution in [0, 0.1) is 12.8 Å². The van der Waals surface area contributed by atoms with Gasteiger partial charge >= 0.3 is 0 Å². The van der Waals surface area contributed by atoms with Gasteiger partial charge in [-0.05, 0) is 41.8 Å². The van der Waals surface area contributed by atoms with Crippen molar-refractivity contribution in [2.24, 2.45) is 5.92 Å². The molecule has 3 heteroatoms. The SMILES string of the molecule is COc1ccc(C(C)(C)C2=CC(C)C(=C(O)Oc3ccccc3)C=C2)cc1C. The van der Waals surface area contributed by atoms with Gasteiger partial charge in [0.15, 0.2) is 0 Å². The van der Waals surface area contributed by atoms with Crippen molar-refractivity contribution >= 4 is 0 Å². The van der Waals surface area contributed by atoms with Crippen LogP contribution in [0.5, 0.6) is 11.5 Å². The molecule has 1 N–H and O–H groups in total. The Morgan fingerprint density at radius 2 is 1.75 bits per heavy atom. The summed E-state index contributed by atoms with van der Waals surface area (Å²) in [5.41, 5.74) is 4.17. The first kappa shape index (κ1) is 19.8. The van der Waals surface area contributed by atoms with E-state index in [1.807, 2.05) is 42.5 Å². The van der Waals surface area contributed by atoms with Gasteiger partial charge in [0.05, 0.1) is 7.11 Å². The Morgan fingerprint density at radius 3 is 2.36 bits per heavy atom. The van der Waals surface area contributed by atoms with Crippen LogP contribution >= 0.6 is 0 Å². The Kier molecular flexibility index (Phi) is 5.64. The van der Waals surface area contributed by atoms with Gasteiger partial charge in [-0.3, -0.25) is 0 Å². The van der Waals surface area contributed by atoms with Gasteiger partial charge in [0.2, 0.25) is 0 Å². The molecule has 0 fully saturated rings. The van der Waals surface area contributed by atoms with E-state index in [2.05, 4.69) is 52.0 Å². The molecule has 0 saturated carbocycles. The number of hydrogen-bond donors (Lipinski definition) is 1. The number of aliphatic hydroxyl groups excluding tert-OH is 1. The number of aryl methyl sites for hydroxylation is 1. The first-order valence-electron chi connectivity index (χ1n) is 9.54. The summed E-state index contributed by atoms with van der Waals surface area (Å²) in [6.45, 7) is 8.56. The van der Waals surface area contributed by atoms with E-state index < -0.39 is 0 Å². The maximum Gasteiger partial charge on any atom is 0.286 e. The van der Waals surface area contributed by atoms with Crippen LogP contribution in [0.3, 0.4) is 0 Å². The van der Waals surface area contributed by atoms with E-state index in [0.29, 0.717) is 5.75 Å². The number of allylic oxidation sites excluding steroid dienone is 5. The molecule has 1 aliphatic rings. The summed E-state index contributed by atoms with van der Waals surface area (Å²) in [5, 5.41) is 10.5. The molecule has 0 aliphatic heterocycles. The van der Waals surface area contributed by atoms with Crippen LogP contribution in [-0.4, -0.2) is 12.2 Å². The highest BCUT2D eigenvalue weighted by Crippen LogP contribution is 2.38. The molecule has 1 aliphatic carbocycles. The normalized spacial score (nSPS) is 18.5. The lowest BCUT2D eigenvalue weighted by Crippen LogP contribution is -2.22. The molecular formula is C25H28O3. The lowest BCUT2D eigenvalue weighted by Gasteiger charge is -2.31. The van der Waals surface area contributed by atoms with Crippen LogP contribution in [0.2, 0.25) is 0 Å². The highest BCUT2D eigenvalue weighted by Gasteiger charge is 2.28. The molecule has 1 unspecified atom stereocenters. The Labute approximate surface area is 167 Å². The zero-order chi connectivity index (χ0) is 20.3. The molecule has 0 spiro atoms. The predicted octanol–water partition coefficient (Wildman–Crippen LogP) is 6.26. The van der Waals surface area contributed by atoms with Crippen LogP contribution < -0.4 is 9.47 Å². The van der Waals surface area contributed by atoms with Gasteiger partial charge in [0.1, 0.15) is 11.5 Å². The minimum absolute atomic E-state index is 0.0438. The molecule has 0 radical (unpaired) electrons. The Bertz CT molecular complexity index is 934. The molecule has 28 heavy (non-hydrogen) atoms. The summed E-state index contributed by atoms with van der Waals surface area (Å²) in [5.74, 6) is 1.51. The molecule has 0 amide bonds. The molecule has 3 nitrogen and oxygen atoms in total. The number of hydrogen-bond acceptors (Lipinski definition) is 3. The molecule has 0 aromatic heterocycles. The van der Waals surface area contributed by atoms with E-state index in [0.717, 1.165) is 16.9 Å². The van der Waals surface area contributed by atoms with Crippen LogP contribution in [0.25, 0.3) is 0 Å². The number of aliphatic hydroxyl groups is 1. The molecule has 0 bridgehead atoms. The van der Waals surface area contributed by atoms with Gasteiger partial charge in [-0.1, -0.05) is 69.3 Å². The van der Waals surface area contributed by atoms with E-state index in [-0.39, 0.29) is 17.3 Å². The molecular weight excluding hydrogens is 348 g/mol. The third-order valence-corrected chi connectivity index (χ3v) is 5.41. The van der Waals surface area contributed by atoms with Crippen molar-refractivity contribution < 1.29 is 14.6 Å². The summed E-state index contributed by atoms with van der Waals surface area (Å²) < 4.78 is 11.0. The number of methoxy groups -OCH3 is 1. The zero-order valence-electron chi connectivity index (χ0n) is 17.2.